The molecule has 1 amide bonds. The Hall–Kier alpha value is -0.750. The van der Waals surface area contributed by atoms with Crippen molar-refractivity contribution in [1.82, 2.24) is 9.97 Å². The number of hydrogen-bond acceptors (Lipinski definition) is 4. The third-order valence-electron chi connectivity index (χ3n) is 1.73. The van der Waals surface area contributed by atoms with Gasteiger partial charge in [0.25, 0.3) is 5.91 Å². The van der Waals surface area contributed by atoms with Crippen LogP contribution in [0.3, 0.4) is 0 Å². The Kier molecular flexibility index (Phi) is 2.64. The van der Waals surface area contributed by atoms with Gasteiger partial charge in [-0.1, -0.05) is 27.7 Å². The van der Waals surface area contributed by atoms with Gasteiger partial charge in [-0.3, -0.25) is 4.79 Å². The van der Waals surface area contributed by atoms with E-state index in [1.54, 1.807) is 12.3 Å². The summed E-state index contributed by atoms with van der Waals surface area (Å²) in [6, 6.07) is 0. The first-order valence-electron chi connectivity index (χ1n) is 3.86. The first kappa shape index (κ1) is 9.79. The minimum Gasteiger partial charge on any atom is -0.271 e. The standard InChI is InChI=1S/C8H6BrN3OS/c1-14-8-10-3-4-2-5(9)7(13)11-6(4)12-8/h2-3,5H,1H3. The zero-order valence-corrected chi connectivity index (χ0v) is 9.67. The summed E-state index contributed by atoms with van der Waals surface area (Å²) in [7, 11) is 0. The number of rotatable bonds is 1. The molecule has 0 saturated carbocycles. The van der Waals surface area contributed by atoms with E-state index in [4.69, 9.17) is 0 Å². The molecule has 1 atom stereocenters. The lowest BCUT2D eigenvalue weighted by molar-refractivity contribution is -0.116. The molecule has 0 spiro atoms. The van der Waals surface area contributed by atoms with E-state index in [-0.39, 0.29) is 10.7 Å². The van der Waals surface area contributed by atoms with Crippen molar-refractivity contribution in [1.29, 1.82) is 0 Å². The molecule has 0 fully saturated rings. The van der Waals surface area contributed by atoms with E-state index >= 15 is 0 Å². The van der Waals surface area contributed by atoms with Crippen LogP contribution in [0, 0.1) is 0 Å². The number of aromatic nitrogens is 2. The summed E-state index contributed by atoms with van der Waals surface area (Å²) >= 11 is 4.62. The molecular weight excluding hydrogens is 266 g/mol. The minimum absolute atomic E-state index is 0.219. The second kappa shape index (κ2) is 3.78. The molecule has 1 aliphatic heterocycles. The van der Waals surface area contributed by atoms with Crippen molar-refractivity contribution >= 4 is 39.7 Å². The molecule has 6 heteroatoms. The van der Waals surface area contributed by atoms with Crippen LogP contribution in [0.1, 0.15) is 0 Å². The van der Waals surface area contributed by atoms with E-state index in [0.29, 0.717) is 10.6 Å². The first-order chi connectivity index (χ1) is 6.70. The van der Waals surface area contributed by atoms with Gasteiger partial charge < -0.3 is 0 Å². The number of fused-ring (bicyclic) bond motifs is 1. The Morgan fingerprint density at radius 3 is 3.07 bits per heavy atom. The summed E-state index contributed by atoms with van der Waals surface area (Å²) in [6.07, 6.45) is 5.32. The van der Waals surface area contributed by atoms with Gasteiger partial charge in [0.15, 0.2) is 10.6 Å². The highest BCUT2D eigenvalue weighted by atomic mass is 79.9. The lowest BCUT2D eigenvalue weighted by Crippen LogP contribution is -2.37. The van der Waals surface area contributed by atoms with Crippen molar-refractivity contribution in [3.8, 4) is 0 Å². The van der Waals surface area contributed by atoms with E-state index in [1.807, 2.05) is 6.26 Å². The van der Waals surface area contributed by atoms with Gasteiger partial charge >= 0.3 is 0 Å². The maximum atomic E-state index is 11.2. The van der Waals surface area contributed by atoms with E-state index in [0.717, 1.165) is 5.22 Å². The molecule has 0 aliphatic carbocycles. The van der Waals surface area contributed by atoms with Crippen molar-refractivity contribution in [2.24, 2.45) is 4.99 Å². The van der Waals surface area contributed by atoms with Gasteiger partial charge in [-0.15, -0.1) is 0 Å². The van der Waals surface area contributed by atoms with Crippen LogP contribution in [0.25, 0.3) is 6.08 Å². The third-order valence-corrected chi connectivity index (χ3v) is 2.95. The van der Waals surface area contributed by atoms with E-state index in [2.05, 4.69) is 30.9 Å². The molecule has 1 unspecified atom stereocenters. The number of nitrogens with zero attached hydrogens (tertiary/aromatic N) is 3. The second-order valence-corrected chi connectivity index (χ2v) is 4.41. The normalized spacial score (nSPS) is 19.6. The molecule has 0 saturated heterocycles. The van der Waals surface area contributed by atoms with Gasteiger partial charge in [0.2, 0.25) is 0 Å². The molecule has 2 rings (SSSR count). The monoisotopic (exact) mass is 271 g/mol. The molecule has 1 aliphatic rings. The quantitative estimate of drug-likeness (QED) is 0.407. The summed E-state index contributed by atoms with van der Waals surface area (Å²) in [5, 5.41) is 1.42. The highest BCUT2D eigenvalue weighted by Gasteiger charge is 2.15. The van der Waals surface area contributed by atoms with Gasteiger partial charge in [0.05, 0.1) is 0 Å². The molecule has 1 aromatic heterocycles. The van der Waals surface area contributed by atoms with Crippen molar-refractivity contribution in [3.05, 3.63) is 16.9 Å². The van der Waals surface area contributed by atoms with Crippen LogP contribution in [0.15, 0.2) is 16.3 Å². The summed E-state index contributed by atoms with van der Waals surface area (Å²) in [4.78, 5) is 23.0. The van der Waals surface area contributed by atoms with Crippen molar-refractivity contribution < 1.29 is 4.79 Å². The molecule has 0 aromatic carbocycles. The number of carbonyl (C=O) groups is 1. The number of carbonyl (C=O) groups excluding carboxylic acids is 1. The van der Waals surface area contributed by atoms with Crippen molar-refractivity contribution in [3.63, 3.8) is 0 Å². The molecule has 14 heavy (non-hydrogen) atoms. The van der Waals surface area contributed by atoms with Gasteiger partial charge in [0.1, 0.15) is 4.83 Å². The van der Waals surface area contributed by atoms with E-state index in [1.165, 1.54) is 11.8 Å². The molecule has 0 bridgehead atoms. The topological polar surface area (TPSA) is 55.2 Å². The number of thioether (sulfide) groups is 1. The summed E-state index contributed by atoms with van der Waals surface area (Å²) < 4.78 is 0. The summed E-state index contributed by atoms with van der Waals surface area (Å²) in [5.74, 6) is -0.219. The lowest BCUT2D eigenvalue weighted by atomic mass is 10.3. The fraction of sp³-hybridized carbons (Fsp3) is 0.250. The molecule has 0 radical (unpaired) electrons. The average molecular weight is 272 g/mol. The van der Waals surface area contributed by atoms with Gasteiger partial charge in [-0.25, -0.2) is 9.97 Å². The maximum Gasteiger partial charge on any atom is 0.265 e. The minimum atomic E-state index is -0.348. The van der Waals surface area contributed by atoms with Crippen LogP contribution in [0.2, 0.25) is 0 Å². The number of alkyl halides is 1. The Morgan fingerprint density at radius 2 is 2.36 bits per heavy atom. The summed E-state index contributed by atoms with van der Waals surface area (Å²) in [5.41, 5.74) is 0.463. The smallest absolute Gasteiger partial charge is 0.265 e. The fourth-order valence-electron chi connectivity index (χ4n) is 1.07. The largest absolute Gasteiger partial charge is 0.271 e. The molecule has 1 aromatic rings. The van der Waals surface area contributed by atoms with Crippen molar-refractivity contribution in [2.75, 3.05) is 6.26 Å². The SMILES string of the molecule is CSc1ncc2c(n1)=NC(=O)C(Br)C=2. The van der Waals surface area contributed by atoms with Crippen molar-refractivity contribution in [2.45, 2.75) is 9.98 Å². The van der Waals surface area contributed by atoms with Crippen LogP contribution in [-0.2, 0) is 4.79 Å². The zero-order chi connectivity index (χ0) is 10.1. The van der Waals surface area contributed by atoms with Crippen LogP contribution < -0.4 is 10.7 Å². The predicted molar refractivity (Wildman–Crippen MR) is 56.8 cm³/mol. The van der Waals surface area contributed by atoms with Gasteiger partial charge in [-0.2, -0.15) is 4.99 Å². The lowest BCUT2D eigenvalue weighted by Gasteiger charge is -2.03. The predicted octanol–water partition coefficient (Wildman–Crippen LogP) is -0.0977. The molecule has 4 nitrogen and oxygen atoms in total. The first-order valence-corrected chi connectivity index (χ1v) is 6.00. The highest BCUT2D eigenvalue weighted by molar-refractivity contribution is 9.10. The van der Waals surface area contributed by atoms with E-state index < -0.39 is 0 Å². The maximum absolute atomic E-state index is 11.2. The Labute approximate surface area is 92.7 Å². The summed E-state index contributed by atoms with van der Waals surface area (Å²) in [6.45, 7) is 0. The number of amides is 1. The fourth-order valence-corrected chi connectivity index (χ4v) is 1.79. The van der Waals surface area contributed by atoms with Crippen LogP contribution >= 0.6 is 27.7 Å². The number of hydrogen-bond donors (Lipinski definition) is 0. The Balaban J connectivity index is 2.68. The molecular formula is C8H6BrN3OS. The molecule has 72 valence electrons. The highest BCUT2D eigenvalue weighted by Crippen LogP contribution is 2.06. The second-order valence-electron chi connectivity index (χ2n) is 2.65. The molecule has 2 heterocycles. The van der Waals surface area contributed by atoms with Crippen LogP contribution in [0.5, 0.6) is 0 Å². The van der Waals surface area contributed by atoms with Gasteiger partial charge in [-0.05, 0) is 12.3 Å². The zero-order valence-electron chi connectivity index (χ0n) is 7.27. The third kappa shape index (κ3) is 1.72. The number of halogens is 1. The van der Waals surface area contributed by atoms with Crippen LogP contribution in [0.4, 0.5) is 0 Å². The van der Waals surface area contributed by atoms with Crippen LogP contribution in [-0.4, -0.2) is 27.0 Å². The van der Waals surface area contributed by atoms with Gasteiger partial charge in [0, 0.05) is 11.4 Å². The Morgan fingerprint density at radius 1 is 1.57 bits per heavy atom. The average Bonchev–Trinajstić information content (AvgIpc) is 2.19. The molecule has 0 N–H and O–H groups in total. The van der Waals surface area contributed by atoms with E-state index in [9.17, 15) is 4.79 Å². The Bertz CT molecular complexity index is 502.